The van der Waals surface area contributed by atoms with Crippen LogP contribution in [0.3, 0.4) is 0 Å². The number of pyridine rings is 1. The number of amides is 1. The van der Waals surface area contributed by atoms with Gasteiger partial charge in [0.25, 0.3) is 5.91 Å². The lowest BCUT2D eigenvalue weighted by Crippen LogP contribution is -2.40. The SMILES string of the molecule is COc1ccc(CN2Cc3c(F)c(N[C@@H]4CCOC[C@@H]4CC(=O)OC(C)(C)C)nc(-c4ccc(C)s4)c3C2=O)c(OC)c1. The van der Waals surface area contributed by atoms with E-state index in [1.165, 1.54) is 11.3 Å². The molecule has 0 saturated carbocycles. The van der Waals surface area contributed by atoms with Gasteiger partial charge in [-0.05, 0) is 58.4 Å². The van der Waals surface area contributed by atoms with Crippen LogP contribution >= 0.6 is 11.3 Å². The summed E-state index contributed by atoms with van der Waals surface area (Å²) in [4.78, 5) is 34.6. The van der Waals surface area contributed by atoms with E-state index in [4.69, 9.17) is 23.9 Å². The number of carbonyl (C=O) groups is 2. The minimum Gasteiger partial charge on any atom is -0.497 e. The molecule has 11 heteroatoms. The van der Waals surface area contributed by atoms with E-state index in [2.05, 4.69) is 5.32 Å². The van der Waals surface area contributed by atoms with Gasteiger partial charge in [0.1, 0.15) is 17.1 Å². The second-order valence-electron chi connectivity index (χ2n) is 11.9. The number of hydrogen-bond donors (Lipinski definition) is 1. The maximum Gasteiger partial charge on any atom is 0.306 e. The number of methoxy groups -OCH3 is 2. The molecule has 1 saturated heterocycles. The highest BCUT2D eigenvalue weighted by molar-refractivity contribution is 7.15. The second-order valence-corrected chi connectivity index (χ2v) is 13.2. The van der Waals surface area contributed by atoms with Crippen molar-refractivity contribution in [3.8, 4) is 22.1 Å². The molecule has 1 aromatic carbocycles. The number of benzene rings is 1. The molecule has 1 amide bonds. The molecule has 5 rings (SSSR count). The Kier molecular flexibility index (Phi) is 8.94. The molecule has 0 radical (unpaired) electrons. The second kappa shape index (κ2) is 12.5. The Labute approximate surface area is 255 Å². The predicted octanol–water partition coefficient (Wildman–Crippen LogP) is 5.98. The molecule has 2 aliphatic rings. The third-order valence-electron chi connectivity index (χ3n) is 7.56. The van der Waals surface area contributed by atoms with Gasteiger partial charge in [-0.15, -0.1) is 11.3 Å². The zero-order valence-corrected chi connectivity index (χ0v) is 26.2. The molecule has 2 atom stereocenters. The van der Waals surface area contributed by atoms with Crippen LogP contribution in [0.1, 0.15) is 60.0 Å². The van der Waals surface area contributed by atoms with E-state index in [-0.39, 0.29) is 54.7 Å². The first kappa shape index (κ1) is 30.7. The van der Waals surface area contributed by atoms with E-state index in [1.807, 2.05) is 45.9 Å². The molecular weight excluding hydrogens is 573 g/mol. The highest BCUT2D eigenvalue weighted by Crippen LogP contribution is 2.40. The number of nitrogens with one attached hydrogen (secondary N) is 1. The Morgan fingerprint density at radius 1 is 1.21 bits per heavy atom. The molecule has 1 fully saturated rings. The number of nitrogens with zero attached hydrogens (tertiary/aromatic N) is 2. The number of aromatic nitrogens is 1. The van der Waals surface area contributed by atoms with Gasteiger partial charge >= 0.3 is 5.97 Å². The fourth-order valence-electron chi connectivity index (χ4n) is 5.52. The Balaban J connectivity index is 1.47. The number of aryl methyl sites for hydroxylation is 1. The van der Waals surface area contributed by atoms with Gasteiger partial charge in [-0.3, -0.25) is 9.59 Å². The molecule has 0 unspecified atom stereocenters. The van der Waals surface area contributed by atoms with Crippen molar-refractivity contribution in [3.05, 3.63) is 57.7 Å². The van der Waals surface area contributed by atoms with Crippen molar-refractivity contribution in [1.29, 1.82) is 0 Å². The van der Waals surface area contributed by atoms with Crippen molar-refractivity contribution in [3.63, 3.8) is 0 Å². The summed E-state index contributed by atoms with van der Waals surface area (Å²) in [5.74, 6) is -0.136. The number of thiophene rings is 1. The summed E-state index contributed by atoms with van der Waals surface area (Å²) in [6, 6.07) is 9.00. The smallest absolute Gasteiger partial charge is 0.306 e. The lowest BCUT2D eigenvalue weighted by atomic mass is 9.92. The Morgan fingerprint density at radius 2 is 2.00 bits per heavy atom. The predicted molar refractivity (Wildman–Crippen MR) is 162 cm³/mol. The third kappa shape index (κ3) is 6.78. The van der Waals surface area contributed by atoms with Crippen molar-refractivity contribution in [2.45, 2.75) is 65.3 Å². The van der Waals surface area contributed by atoms with Crippen LogP contribution in [0.2, 0.25) is 0 Å². The lowest BCUT2D eigenvalue weighted by Gasteiger charge is -2.33. The monoisotopic (exact) mass is 611 g/mol. The molecule has 2 aliphatic heterocycles. The molecule has 0 aliphatic carbocycles. The first-order valence-electron chi connectivity index (χ1n) is 14.3. The fourth-order valence-corrected chi connectivity index (χ4v) is 6.39. The largest absolute Gasteiger partial charge is 0.497 e. The van der Waals surface area contributed by atoms with Gasteiger partial charge in [-0.25, -0.2) is 9.37 Å². The summed E-state index contributed by atoms with van der Waals surface area (Å²) in [5, 5.41) is 3.29. The van der Waals surface area contributed by atoms with Gasteiger partial charge in [-0.1, -0.05) is 0 Å². The first-order valence-corrected chi connectivity index (χ1v) is 15.1. The Morgan fingerprint density at radius 3 is 2.67 bits per heavy atom. The van der Waals surface area contributed by atoms with E-state index in [0.29, 0.717) is 42.4 Å². The maximum atomic E-state index is 16.3. The topological polar surface area (TPSA) is 99.2 Å². The number of fused-ring (bicyclic) bond motifs is 1. The fraction of sp³-hybridized carbons (Fsp3) is 0.469. The third-order valence-corrected chi connectivity index (χ3v) is 8.57. The number of carbonyl (C=O) groups excluding carboxylic acids is 2. The van der Waals surface area contributed by atoms with Crippen LogP contribution in [0.25, 0.3) is 10.6 Å². The molecule has 2 aromatic heterocycles. The molecule has 43 heavy (non-hydrogen) atoms. The van der Waals surface area contributed by atoms with E-state index >= 15 is 4.39 Å². The van der Waals surface area contributed by atoms with Crippen molar-refractivity contribution < 1.29 is 32.9 Å². The number of halogens is 1. The summed E-state index contributed by atoms with van der Waals surface area (Å²) in [6.45, 7) is 8.58. The minimum atomic E-state index is -0.606. The highest BCUT2D eigenvalue weighted by atomic mass is 32.1. The van der Waals surface area contributed by atoms with Crippen molar-refractivity contribution >= 4 is 29.0 Å². The average molecular weight is 612 g/mol. The average Bonchev–Trinajstić information content (AvgIpc) is 3.53. The normalized spacial score (nSPS) is 18.4. The summed E-state index contributed by atoms with van der Waals surface area (Å²) in [5.41, 5.74) is 1.19. The van der Waals surface area contributed by atoms with Gasteiger partial charge in [0.15, 0.2) is 11.6 Å². The van der Waals surface area contributed by atoms with Crippen molar-refractivity contribution in [2.24, 2.45) is 5.92 Å². The van der Waals surface area contributed by atoms with Crippen LogP contribution in [0.15, 0.2) is 30.3 Å². The Bertz CT molecular complexity index is 1520. The standard InChI is InChI=1S/C32H38FN3O6S/c1-18-7-10-25(43-18)29-27-22(16-36(31(27)38)15-19-8-9-21(39-5)14-24(19)40-6)28(33)30(35-29)34-23-11-12-41-17-20(23)13-26(37)42-32(2,3)4/h7-10,14,20,23H,11-13,15-17H2,1-6H3,(H,34,35)/t20-,23+/m0/s1. The van der Waals surface area contributed by atoms with Gasteiger partial charge in [-0.2, -0.15) is 0 Å². The number of hydrogen-bond acceptors (Lipinski definition) is 9. The van der Waals surface area contributed by atoms with Crippen molar-refractivity contribution in [2.75, 3.05) is 32.8 Å². The minimum absolute atomic E-state index is 0.0672. The number of esters is 1. The first-order chi connectivity index (χ1) is 20.5. The molecule has 9 nitrogen and oxygen atoms in total. The van der Waals surface area contributed by atoms with Gasteiger partial charge in [0.05, 0.1) is 49.9 Å². The summed E-state index contributed by atoms with van der Waals surface area (Å²) in [6.07, 6.45) is 0.704. The molecular formula is C32H38FN3O6S. The van der Waals surface area contributed by atoms with E-state index in [9.17, 15) is 9.59 Å². The zero-order valence-electron chi connectivity index (χ0n) is 25.4. The molecule has 230 valence electrons. The van der Waals surface area contributed by atoms with Crippen LogP contribution in [0.5, 0.6) is 11.5 Å². The van der Waals surface area contributed by atoms with Crippen LogP contribution in [-0.2, 0) is 27.4 Å². The molecule has 0 spiro atoms. The van der Waals surface area contributed by atoms with Gasteiger partial charge in [0.2, 0.25) is 0 Å². The summed E-state index contributed by atoms with van der Waals surface area (Å²) in [7, 11) is 3.13. The van der Waals surface area contributed by atoms with Crippen LogP contribution < -0.4 is 14.8 Å². The van der Waals surface area contributed by atoms with E-state index < -0.39 is 11.4 Å². The lowest BCUT2D eigenvalue weighted by molar-refractivity contribution is -0.157. The summed E-state index contributed by atoms with van der Waals surface area (Å²) < 4.78 is 38.4. The molecule has 0 bridgehead atoms. The zero-order chi connectivity index (χ0) is 30.9. The number of anilines is 1. The number of ether oxygens (including phenoxy) is 4. The van der Waals surface area contributed by atoms with Crippen LogP contribution in [0.4, 0.5) is 10.2 Å². The Hall–Kier alpha value is -3.70. The number of rotatable bonds is 9. The van der Waals surface area contributed by atoms with E-state index in [1.54, 1.807) is 31.3 Å². The van der Waals surface area contributed by atoms with Crippen LogP contribution in [0, 0.1) is 18.7 Å². The highest BCUT2D eigenvalue weighted by Gasteiger charge is 2.38. The molecule has 3 aromatic rings. The van der Waals surface area contributed by atoms with Crippen LogP contribution in [-0.4, -0.2) is 60.8 Å². The maximum absolute atomic E-state index is 16.3. The van der Waals surface area contributed by atoms with Gasteiger partial charge in [0, 0.05) is 47.2 Å². The summed E-state index contributed by atoms with van der Waals surface area (Å²) >= 11 is 1.50. The van der Waals surface area contributed by atoms with E-state index in [0.717, 1.165) is 15.3 Å². The molecule has 1 N–H and O–H groups in total. The van der Waals surface area contributed by atoms with Gasteiger partial charge < -0.3 is 29.2 Å². The molecule has 4 heterocycles. The van der Waals surface area contributed by atoms with Crippen molar-refractivity contribution in [1.82, 2.24) is 9.88 Å². The quantitative estimate of drug-likeness (QED) is 0.295.